The number of carboxylic acids is 1. The zero-order valence-electron chi connectivity index (χ0n) is 8.00. The van der Waals surface area contributed by atoms with Crippen LogP contribution in [-0.2, 0) is 11.2 Å². The molecule has 4 nitrogen and oxygen atoms in total. The minimum atomic E-state index is -2.74. The van der Waals surface area contributed by atoms with Gasteiger partial charge in [0, 0.05) is 11.3 Å². The molecule has 0 saturated heterocycles. The third-order valence-electron chi connectivity index (χ3n) is 1.91. The normalized spacial score (nSPS) is 10.7. The molecular weight excluding hydrogens is 206 g/mol. The van der Waals surface area contributed by atoms with E-state index in [-0.39, 0.29) is 22.6 Å². The first kappa shape index (κ1) is 11.4. The van der Waals surface area contributed by atoms with Gasteiger partial charge in [0.05, 0.1) is 6.42 Å². The standard InChI is InChI=1S/C9H10F2N2O2/c1-4-8(9(10)11)5(3-7(14)15)2-6(12)13-4/h2,9H,3H2,1H3,(H2,12,13)(H,14,15). The summed E-state index contributed by atoms with van der Waals surface area (Å²) in [5.41, 5.74) is 5.10. The second-order valence-corrected chi connectivity index (χ2v) is 3.08. The molecule has 0 saturated carbocycles. The number of halogens is 2. The van der Waals surface area contributed by atoms with E-state index in [1.807, 2.05) is 0 Å². The van der Waals surface area contributed by atoms with Crippen molar-refractivity contribution < 1.29 is 18.7 Å². The van der Waals surface area contributed by atoms with Crippen molar-refractivity contribution in [2.75, 3.05) is 5.73 Å². The molecule has 0 unspecified atom stereocenters. The summed E-state index contributed by atoms with van der Waals surface area (Å²) in [7, 11) is 0. The smallest absolute Gasteiger partial charge is 0.307 e. The highest BCUT2D eigenvalue weighted by molar-refractivity contribution is 5.71. The van der Waals surface area contributed by atoms with Crippen LogP contribution in [0.15, 0.2) is 6.07 Å². The number of carboxylic acid groups (broad SMARTS) is 1. The van der Waals surface area contributed by atoms with Gasteiger partial charge in [0.25, 0.3) is 6.43 Å². The van der Waals surface area contributed by atoms with Crippen LogP contribution in [0.5, 0.6) is 0 Å². The minimum absolute atomic E-state index is 0.0162. The highest BCUT2D eigenvalue weighted by Gasteiger charge is 2.19. The highest BCUT2D eigenvalue weighted by atomic mass is 19.3. The first-order chi connectivity index (χ1) is 6.91. The van der Waals surface area contributed by atoms with Gasteiger partial charge in [0.2, 0.25) is 0 Å². The molecule has 15 heavy (non-hydrogen) atoms. The Morgan fingerprint density at radius 1 is 1.67 bits per heavy atom. The maximum absolute atomic E-state index is 12.6. The lowest BCUT2D eigenvalue weighted by Gasteiger charge is -2.10. The van der Waals surface area contributed by atoms with Crippen molar-refractivity contribution in [2.24, 2.45) is 0 Å². The predicted molar refractivity (Wildman–Crippen MR) is 49.7 cm³/mol. The van der Waals surface area contributed by atoms with Crippen molar-refractivity contribution in [3.8, 4) is 0 Å². The number of hydrogen-bond donors (Lipinski definition) is 2. The summed E-state index contributed by atoms with van der Waals surface area (Å²) in [5.74, 6) is -1.13. The highest BCUT2D eigenvalue weighted by Crippen LogP contribution is 2.27. The van der Waals surface area contributed by atoms with Crippen LogP contribution in [0.3, 0.4) is 0 Å². The molecule has 82 valence electrons. The van der Waals surface area contributed by atoms with Crippen molar-refractivity contribution in [2.45, 2.75) is 19.8 Å². The lowest BCUT2D eigenvalue weighted by Crippen LogP contribution is -2.08. The largest absolute Gasteiger partial charge is 0.481 e. The Labute approximate surface area is 84.7 Å². The Morgan fingerprint density at radius 3 is 2.73 bits per heavy atom. The summed E-state index contributed by atoms with van der Waals surface area (Å²) in [6.07, 6.45) is -3.22. The van der Waals surface area contributed by atoms with Crippen LogP contribution in [0.4, 0.5) is 14.6 Å². The summed E-state index contributed by atoms with van der Waals surface area (Å²) in [5, 5.41) is 8.55. The van der Waals surface area contributed by atoms with Crippen molar-refractivity contribution in [3.63, 3.8) is 0 Å². The van der Waals surface area contributed by atoms with Gasteiger partial charge in [-0.2, -0.15) is 0 Å². The molecule has 1 aromatic heterocycles. The van der Waals surface area contributed by atoms with E-state index in [0.717, 1.165) is 0 Å². The number of carbonyl (C=O) groups is 1. The van der Waals surface area contributed by atoms with Gasteiger partial charge in [-0.05, 0) is 18.6 Å². The molecule has 1 aromatic rings. The number of hydrogen-bond acceptors (Lipinski definition) is 3. The number of aryl methyl sites for hydroxylation is 1. The zero-order valence-corrected chi connectivity index (χ0v) is 8.00. The average Bonchev–Trinajstić information content (AvgIpc) is 1.99. The molecule has 3 N–H and O–H groups in total. The third kappa shape index (κ3) is 2.61. The second-order valence-electron chi connectivity index (χ2n) is 3.08. The van der Waals surface area contributed by atoms with Gasteiger partial charge >= 0.3 is 5.97 Å². The molecule has 0 amide bonds. The lowest BCUT2D eigenvalue weighted by atomic mass is 10.0. The fourth-order valence-corrected chi connectivity index (χ4v) is 1.38. The summed E-state index contributed by atoms with van der Waals surface area (Å²) >= 11 is 0. The fourth-order valence-electron chi connectivity index (χ4n) is 1.38. The van der Waals surface area contributed by atoms with Crippen molar-refractivity contribution in [3.05, 3.63) is 22.9 Å². The van der Waals surface area contributed by atoms with E-state index in [9.17, 15) is 13.6 Å². The number of nitrogen functional groups attached to an aromatic ring is 1. The molecule has 0 aliphatic heterocycles. The molecule has 0 spiro atoms. The first-order valence-corrected chi connectivity index (χ1v) is 4.17. The van der Waals surface area contributed by atoms with Crippen LogP contribution in [0.1, 0.15) is 23.2 Å². The zero-order chi connectivity index (χ0) is 11.6. The number of anilines is 1. The van der Waals surface area contributed by atoms with E-state index in [0.29, 0.717) is 0 Å². The number of rotatable bonds is 3. The Balaban J connectivity index is 3.26. The monoisotopic (exact) mass is 216 g/mol. The summed E-state index contributed by atoms with van der Waals surface area (Å²) in [4.78, 5) is 14.1. The number of nitrogens with two attached hydrogens (primary N) is 1. The van der Waals surface area contributed by atoms with E-state index < -0.39 is 18.8 Å². The summed E-state index contributed by atoms with van der Waals surface area (Å²) in [6.45, 7) is 1.38. The van der Waals surface area contributed by atoms with Gasteiger partial charge in [0.1, 0.15) is 5.82 Å². The molecule has 0 atom stereocenters. The average molecular weight is 216 g/mol. The third-order valence-corrected chi connectivity index (χ3v) is 1.91. The number of aromatic nitrogens is 1. The molecule has 0 aromatic carbocycles. The Morgan fingerprint density at radius 2 is 2.27 bits per heavy atom. The molecule has 0 fully saturated rings. The number of nitrogens with zero attached hydrogens (tertiary/aromatic N) is 1. The van der Waals surface area contributed by atoms with Gasteiger partial charge in [-0.3, -0.25) is 4.79 Å². The summed E-state index contributed by atoms with van der Waals surface area (Å²) < 4.78 is 25.2. The van der Waals surface area contributed by atoms with Crippen molar-refractivity contribution >= 4 is 11.8 Å². The quantitative estimate of drug-likeness (QED) is 0.803. The van der Waals surface area contributed by atoms with Crippen molar-refractivity contribution in [1.29, 1.82) is 0 Å². The molecule has 0 bridgehead atoms. The van der Waals surface area contributed by atoms with Crippen molar-refractivity contribution in [1.82, 2.24) is 4.98 Å². The van der Waals surface area contributed by atoms with Gasteiger partial charge < -0.3 is 10.8 Å². The Kier molecular flexibility index (Phi) is 3.18. The lowest BCUT2D eigenvalue weighted by molar-refractivity contribution is -0.136. The molecule has 0 radical (unpaired) electrons. The molecule has 0 aliphatic carbocycles. The maximum Gasteiger partial charge on any atom is 0.307 e. The second kappa shape index (κ2) is 4.20. The van der Waals surface area contributed by atoms with Crippen LogP contribution in [-0.4, -0.2) is 16.1 Å². The maximum atomic E-state index is 12.6. The van der Waals surface area contributed by atoms with Crippen LogP contribution in [0.25, 0.3) is 0 Å². The van der Waals surface area contributed by atoms with E-state index in [1.54, 1.807) is 0 Å². The molecular formula is C9H10F2N2O2. The van der Waals surface area contributed by atoms with E-state index >= 15 is 0 Å². The Hall–Kier alpha value is -1.72. The van der Waals surface area contributed by atoms with Gasteiger partial charge in [-0.15, -0.1) is 0 Å². The molecule has 0 aliphatic rings. The van der Waals surface area contributed by atoms with Crippen LogP contribution < -0.4 is 5.73 Å². The fraction of sp³-hybridized carbons (Fsp3) is 0.333. The molecule has 1 heterocycles. The van der Waals surface area contributed by atoms with Crippen LogP contribution in [0, 0.1) is 6.92 Å². The number of pyridine rings is 1. The van der Waals surface area contributed by atoms with Gasteiger partial charge in [-0.1, -0.05) is 0 Å². The van der Waals surface area contributed by atoms with Gasteiger partial charge in [-0.25, -0.2) is 13.8 Å². The van der Waals surface area contributed by atoms with Gasteiger partial charge in [0.15, 0.2) is 0 Å². The van der Waals surface area contributed by atoms with Crippen LogP contribution >= 0.6 is 0 Å². The first-order valence-electron chi connectivity index (χ1n) is 4.17. The molecule has 6 heteroatoms. The predicted octanol–water partition coefficient (Wildman–Crippen LogP) is 1.54. The number of alkyl halides is 2. The van der Waals surface area contributed by atoms with E-state index in [4.69, 9.17) is 10.8 Å². The number of aliphatic carboxylic acids is 1. The Bertz CT molecular complexity index is 394. The topological polar surface area (TPSA) is 76.2 Å². The van der Waals surface area contributed by atoms with Crippen LogP contribution in [0.2, 0.25) is 0 Å². The summed E-state index contributed by atoms with van der Waals surface area (Å²) in [6, 6.07) is 1.17. The van der Waals surface area contributed by atoms with E-state index in [2.05, 4.69) is 4.98 Å². The minimum Gasteiger partial charge on any atom is -0.481 e. The molecule has 1 rings (SSSR count). The van der Waals surface area contributed by atoms with E-state index in [1.165, 1.54) is 13.0 Å². The SMILES string of the molecule is Cc1nc(N)cc(CC(=O)O)c1C(F)F.